The molecule has 0 fully saturated rings. The molecule has 3 rings (SSSR count). The zero-order valence-electron chi connectivity index (χ0n) is 8.29. The first-order chi connectivity index (χ1) is 7.84. The maximum Gasteiger partial charge on any atom is 0.141 e. The van der Waals surface area contributed by atoms with Crippen molar-refractivity contribution in [2.24, 2.45) is 0 Å². The van der Waals surface area contributed by atoms with Gasteiger partial charge in [0, 0.05) is 10.8 Å². The number of benzene rings is 2. The topological polar surface area (TPSA) is 49.3 Å². The molecule has 1 heterocycles. The Balaban J connectivity index is 2.66. The van der Waals surface area contributed by atoms with Crippen molar-refractivity contribution in [2.45, 2.75) is 0 Å². The van der Waals surface area contributed by atoms with Crippen LogP contribution in [-0.4, -0.2) is 0 Å². The molecule has 0 saturated carbocycles. The Morgan fingerprint density at radius 1 is 0.750 bits per heavy atom. The van der Waals surface area contributed by atoms with Crippen LogP contribution in [0.2, 0.25) is 0 Å². The summed E-state index contributed by atoms with van der Waals surface area (Å²) in [6.45, 7) is 0. The van der Waals surface area contributed by atoms with Crippen molar-refractivity contribution < 1.29 is 13.3 Å². The van der Waals surface area contributed by atoms with Gasteiger partial charge < -0.3 is 13.3 Å². The van der Waals surface area contributed by atoms with E-state index in [-0.39, 0.29) is 0 Å². The van der Waals surface area contributed by atoms with Gasteiger partial charge in [0.05, 0.1) is 0 Å². The molecule has 2 aromatic carbocycles. The van der Waals surface area contributed by atoms with Gasteiger partial charge in [-0.2, -0.15) is 0 Å². The average molecular weight is 231 g/mol. The van der Waals surface area contributed by atoms with Crippen LogP contribution >= 0.6 is 8.24 Å². The lowest BCUT2D eigenvalue weighted by Crippen LogP contribution is -1.78. The minimum absolute atomic E-state index is 0.591. The number of fused-ring (bicyclic) bond motifs is 3. The van der Waals surface area contributed by atoms with Crippen LogP contribution in [0.25, 0.3) is 21.9 Å². The Morgan fingerprint density at radius 2 is 1.19 bits per heavy atom. The van der Waals surface area contributed by atoms with Crippen LogP contribution in [0.5, 0.6) is 0 Å². The normalized spacial score (nSPS) is 10.8. The average Bonchev–Trinajstić information content (AvgIpc) is 2.44. The summed E-state index contributed by atoms with van der Waals surface area (Å²) < 4.78 is 10.5. The predicted molar refractivity (Wildman–Crippen MR) is 61.7 cm³/mol. The molecule has 0 aliphatic heterocycles. The Hall–Kier alpha value is -1.70. The van der Waals surface area contributed by atoms with Crippen LogP contribution in [0.3, 0.4) is 0 Å². The Morgan fingerprint density at radius 3 is 1.69 bits per heavy atom. The molecule has 3 nitrogen and oxygen atoms in total. The van der Waals surface area contributed by atoms with Crippen molar-refractivity contribution in [3.8, 4) is 0 Å². The van der Waals surface area contributed by atoms with Crippen molar-refractivity contribution in [3.05, 3.63) is 48.5 Å². The monoisotopic (exact) mass is 231 g/mol. The van der Waals surface area contributed by atoms with E-state index in [0.717, 1.165) is 10.8 Å². The predicted octanol–water partition coefficient (Wildman–Crippen LogP) is 3.41. The van der Waals surface area contributed by atoms with E-state index in [0.29, 0.717) is 11.2 Å². The summed E-state index contributed by atoms with van der Waals surface area (Å²) in [6, 6.07) is 14.9. The summed E-state index contributed by atoms with van der Waals surface area (Å²) in [5, 5.41) is 1.80. The molecular formula is C12H8O3P-. The lowest BCUT2D eigenvalue weighted by molar-refractivity contribution is -0.170. The number of para-hydroxylation sites is 2. The zero-order valence-corrected chi connectivity index (χ0v) is 9.19. The molecule has 0 atom stereocenters. The highest BCUT2D eigenvalue weighted by Gasteiger charge is 2.00. The number of rotatable bonds is 0. The highest BCUT2D eigenvalue weighted by atomic mass is 31.1. The molecule has 0 radical (unpaired) electrons. The summed E-state index contributed by atoms with van der Waals surface area (Å²) in [6.07, 6.45) is 0. The lowest BCUT2D eigenvalue weighted by atomic mass is 10.1. The third-order valence-electron chi connectivity index (χ3n) is 2.41. The Bertz CT molecular complexity index is 630. The van der Waals surface area contributed by atoms with E-state index in [1.807, 2.05) is 36.4 Å². The van der Waals surface area contributed by atoms with Gasteiger partial charge in [-0.15, -0.1) is 0 Å². The van der Waals surface area contributed by atoms with Crippen molar-refractivity contribution in [2.75, 3.05) is 0 Å². The minimum Gasteiger partial charge on any atom is -0.751 e. The third kappa shape index (κ3) is 1.51. The van der Waals surface area contributed by atoms with Crippen molar-refractivity contribution in [1.29, 1.82) is 0 Å². The fourth-order valence-corrected chi connectivity index (χ4v) is 2.39. The highest BCUT2D eigenvalue weighted by molar-refractivity contribution is 7.28. The van der Waals surface area contributed by atoms with E-state index in [1.165, 1.54) is 0 Å². The molecule has 0 saturated heterocycles. The molecule has 80 valence electrons. The van der Waals surface area contributed by atoms with Crippen molar-refractivity contribution >= 4 is 30.2 Å². The molecule has 4 heteroatoms. The van der Waals surface area contributed by atoms with E-state index in [4.69, 9.17) is 8.39 Å². The van der Waals surface area contributed by atoms with Gasteiger partial charge in [0.2, 0.25) is 0 Å². The molecule has 0 N–H and O–H groups in total. The fraction of sp³-hybridized carbons (Fsp3) is 0. The quantitative estimate of drug-likeness (QED) is 0.595. The fourth-order valence-electron chi connectivity index (χ4n) is 1.72. The van der Waals surface area contributed by atoms with Gasteiger partial charge in [0.25, 0.3) is 0 Å². The van der Waals surface area contributed by atoms with Gasteiger partial charge in [-0.3, -0.25) is 0 Å². The van der Waals surface area contributed by atoms with Gasteiger partial charge in [-0.25, -0.2) is 0 Å². The summed E-state index contributed by atoms with van der Waals surface area (Å²) >= 11 is 0. The number of hydrogen-bond donors (Lipinski definition) is 0. The molecule has 1 aromatic heterocycles. The lowest BCUT2D eigenvalue weighted by Gasteiger charge is -1.96. The minimum atomic E-state index is -2.14. The summed E-state index contributed by atoms with van der Waals surface area (Å²) in [4.78, 5) is 11.5. The molecule has 0 aliphatic carbocycles. The standard InChI is InChI=1S/C12H8O3P/c13-16-14-11-7-3-1-5-9(11)10-6-2-4-8-12(10)15-16/h1-8H/q-1. The van der Waals surface area contributed by atoms with Crippen LogP contribution in [0.4, 0.5) is 0 Å². The first kappa shape index (κ1) is 9.52. The second kappa shape index (κ2) is 3.71. The first-order valence-electron chi connectivity index (χ1n) is 4.86. The van der Waals surface area contributed by atoms with Gasteiger partial charge in [0.15, 0.2) is 0 Å². The largest absolute Gasteiger partial charge is 0.751 e. The first-order valence-corrected chi connectivity index (χ1v) is 5.96. The zero-order chi connectivity index (χ0) is 11.0. The van der Waals surface area contributed by atoms with E-state index in [1.54, 1.807) is 12.1 Å². The molecular weight excluding hydrogens is 223 g/mol. The maximum atomic E-state index is 11.5. The van der Waals surface area contributed by atoms with Gasteiger partial charge >= 0.3 is 0 Å². The van der Waals surface area contributed by atoms with E-state index in [2.05, 4.69) is 0 Å². The van der Waals surface area contributed by atoms with E-state index < -0.39 is 8.24 Å². The van der Waals surface area contributed by atoms with Crippen LogP contribution in [0, 0.1) is 0 Å². The molecule has 0 aliphatic rings. The molecule has 0 spiro atoms. The van der Waals surface area contributed by atoms with Gasteiger partial charge in [0.1, 0.15) is 19.4 Å². The van der Waals surface area contributed by atoms with Gasteiger partial charge in [-0.05, 0) is 12.1 Å². The number of hydrogen-bond acceptors (Lipinski definition) is 3. The summed E-state index contributed by atoms with van der Waals surface area (Å²) in [7, 11) is -2.14. The van der Waals surface area contributed by atoms with Crippen LogP contribution < -0.4 is 4.89 Å². The SMILES string of the molecule is [O-]p1oc2ccccc2c2ccccc2o1. The maximum absolute atomic E-state index is 11.5. The van der Waals surface area contributed by atoms with Crippen LogP contribution in [-0.2, 0) is 0 Å². The Labute approximate surface area is 92.6 Å². The van der Waals surface area contributed by atoms with Crippen molar-refractivity contribution in [3.63, 3.8) is 0 Å². The Kier molecular flexibility index (Phi) is 2.21. The smallest absolute Gasteiger partial charge is 0.141 e. The van der Waals surface area contributed by atoms with Gasteiger partial charge in [-0.1, -0.05) is 36.4 Å². The molecule has 0 amide bonds. The van der Waals surface area contributed by atoms with E-state index >= 15 is 0 Å². The second-order valence-corrected chi connectivity index (χ2v) is 4.21. The molecule has 0 bridgehead atoms. The molecule has 0 unspecified atom stereocenters. The van der Waals surface area contributed by atoms with Crippen LogP contribution in [0.1, 0.15) is 0 Å². The molecule has 16 heavy (non-hydrogen) atoms. The molecule has 3 aromatic rings. The van der Waals surface area contributed by atoms with E-state index in [9.17, 15) is 4.89 Å². The highest BCUT2D eigenvalue weighted by Crippen LogP contribution is 2.29. The third-order valence-corrected chi connectivity index (χ3v) is 3.10. The van der Waals surface area contributed by atoms with Crippen LogP contribution in [0.15, 0.2) is 56.9 Å². The summed E-state index contributed by atoms with van der Waals surface area (Å²) in [5.41, 5.74) is 1.18. The second-order valence-electron chi connectivity index (χ2n) is 3.40. The van der Waals surface area contributed by atoms with Crippen molar-refractivity contribution in [1.82, 2.24) is 0 Å². The summed E-state index contributed by atoms with van der Waals surface area (Å²) in [5.74, 6) is 0.